The first-order chi connectivity index (χ1) is 14.3. The highest BCUT2D eigenvalue weighted by molar-refractivity contribution is 6.31. The SMILES string of the molecule is [CH2][C@H]1O[C@@H](n2nnc3c(NCc4ccccc4Cl)nc(Cl)nc32)[C@@H]2OC(C)(C)O[C@@H]21. The van der Waals surface area contributed by atoms with Crippen molar-refractivity contribution in [2.45, 2.75) is 50.7 Å². The molecule has 2 aromatic heterocycles. The van der Waals surface area contributed by atoms with Gasteiger partial charge in [-0.3, -0.25) is 0 Å². The van der Waals surface area contributed by atoms with Gasteiger partial charge in [0.2, 0.25) is 5.28 Å². The maximum atomic E-state index is 6.24. The van der Waals surface area contributed by atoms with Gasteiger partial charge in [-0.1, -0.05) is 35.0 Å². The lowest BCUT2D eigenvalue weighted by atomic mass is 10.1. The number of anilines is 1. The quantitative estimate of drug-likeness (QED) is 0.605. The Morgan fingerprint density at radius 1 is 1.17 bits per heavy atom. The normalized spacial score (nSPS) is 27.5. The molecule has 0 spiro atoms. The molecule has 1 radical (unpaired) electrons. The van der Waals surface area contributed by atoms with E-state index in [2.05, 4.69) is 32.5 Å². The van der Waals surface area contributed by atoms with Gasteiger partial charge in [0.25, 0.3) is 0 Å². The number of hydrogen-bond acceptors (Lipinski definition) is 8. The van der Waals surface area contributed by atoms with Crippen LogP contribution in [0.5, 0.6) is 0 Å². The minimum Gasteiger partial charge on any atom is -0.364 e. The third kappa shape index (κ3) is 3.40. The fraction of sp³-hybridized carbons (Fsp3) is 0.421. The van der Waals surface area contributed by atoms with Gasteiger partial charge in [0.1, 0.15) is 12.2 Å². The molecule has 5 rings (SSSR count). The molecule has 0 saturated carbocycles. The van der Waals surface area contributed by atoms with Crippen LogP contribution in [0.1, 0.15) is 25.6 Å². The van der Waals surface area contributed by atoms with Crippen molar-refractivity contribution < 1.29 is 14.2 Å². The van der Waals surface area contributed by atoms with Gasteiger partial charge in [-0.25, -0.2) is 0 Å². The molecule has 0 unspecified atom stereocenters. The summed E-state index contributed by atoms with van der Waals surface area (Å²) in [5.41, 5.74) is 1.79. The monoisotopic (exact) mass is 449 g/mol. The van der Waals surface area contributed by atoms with Gasteiger partial charge in [0.05, 0.1) is 6.10 Å². The summed E-state index contributed by atoms with van der Waals surface area (Å²) in [6.07, 6.45) is -1.75. The van der Waals surface area contributed by atoms with E-state index in [0.717, 1.165) is 5.56 Å². The highest BCUT2D eigenvalue weighted by Crippen LogP contribution is 2.43. The second-order valence-electron chi connectivity index (χ2n) is 7.62. The van der Waals surface area contributed by atoms with Crippen molar-refractivity contribution in [1.29, 1.82) is 0 Å². The Kier molecular flexibility index (Phi) is 4.83. The predicted octanol–water partition coefficient (Wildman–Crippen LogP) is 3.39. The zero-order valence-corrected chi connectivity index (χ0v) is 17.8. The van der Waals surface area contributed by atoms with Crippen LogP contribution in [0.2, 0.25) is 10.3 Å². The number of nitrogens with one attached hydrogen (secondary N) is 1. The van der Waals surface area contributed by atoms with Crippen molar-refractivity contribution >= 4 is 40.2 Å². The van der Waals surface area contributed by atoms with E-state index in [1.54, 1.807) is 0 Å². The molecule has 3 aromatic rings. The van der Waals surface area contributed by atoms with Crippen LogP contribution < -0.4 is 5.32 Å². The molecule has 2 aliphatic heterocycles. The molecule has 0 bridgehead atoms. The van der Waals surface area contributed by atoms with Crippen LogP contribution in [0.25, 0.3) is 11.2 Å². The van der Waals surface area contributed by atoms with E-state index in [-0.39, 0.29) is 11.4 Å². The molecular weight excluding hydrogens is 431 g/mol. The van der Waals surface area contributed by atoms with E-state index in [9.17, 15) is 0 Å². The number of benzene rings is 1. The molecule has 2 aliphatic rings. The minimum atomic E-state index is -0.738. The van der Waals surface area contributed by atoms with Gasteiger partial charge in [0.15, 0.2) is 29.0 Å². The Balaban J connectivity index is 1.48. The Morgan fingerprint density at radius 3 is 2.73 bits per heavy atom. The molecule has 0 aliphatic carbocycles. The summed E-state index contributed by atoms with van der Waals surface area (Å²) in [6, 6.07) is 7.53. The van der Waals surface area contributed by atoms with Gasteiger partial charge in [-0.15, -0.1) is 5.10 Å². The molecule has 2 fully saturated rings. The van der Waals surface area contributed by atoms with Gasteiger partial charge < -0.3 is 19.5 Å². The molecule has 11 heteroatoms. The van der Waals surface area contributed by atoms with Crippen molar-refractivity contribution in [3.05, 3.63) is 47.1 Å². The maximum absolute atomic E-state index is 6.24. The zero-order chi connectivity index (χ0) is 21.0. The standard InChI is InChI=1S/C19H19Cl2N6O3/c1-9-13-14(30-19(2,3)29-13)17(28-9)27-16-12(25-26-27)15(23-18(21)24-16)22-8-10-6-4-5-7-11(10)20/h4-7,9,13-14,17H,1,8H2,2-3H3,(H,22,23,24)/t9-,13-,14-,17-/m1/s1. The fourth-order valence-corrected chi connectivity index (χ4v) is 4.14. The van der Waals surface area contributed by atoms with Gasteiger partial charge in [-0.2, -0.15) is 14.6 Å². The topological polar surface area (TPSA) is 96.2 Å². The molecule has 1 aromatic carbocycles. The van der Waals surface area contributed by atoms with Crippen LogP contribution in [-0.2, 0) is 20.8 Å². The predicted molar refractivity (Wildman–Crippen MR) is 110 cm³/mol. The number of aromatic nitrogens is 5. The Hall–Kier alpha value is -2.04. The van der Waals surface area contributed by atoms with Crippen molar-refractivity contribution in [3.8, 4) is 0 Å². The van der Waals surface area contributed by atoms with Gasteiger partial charge >= 0.3 is 0 Å². The largest absolute Gasteiger partial charge is 0.364 e. The van der Waals surface area contributed by atoms with Crippen LogP contribution in [0, 0.1) is 6.92 Å². The number of ether oxygens (including phenoxy) is 3. The summed E-state index contributed by atoms with van der Waals surface area (Å²) in [5.74, 6) is -0.293. The molecule has 30 heavy (non-hydrogen) atoms. The number of fused-ring (bicyclic) bond motifs is 2. The lowest BCUT2D eigenvalue weighted by molar-refractivity contribution is -0.192. The number of hydrogen-bond donors (Lipinski definition) is 1. The van der Waals surface area contributed by atoms with Crippen LogP contribution in [-0.4, -0.2) is 49.1 Å². The van der Waals surface area contributed by atoms with Crippen molar-refractivity contribution in [1.82, 2.24) is 25.0 Å². The van der Waals surface area contributed by atoms with Crippen molar-refractivity contribution in [2.24, 2.45) is 0 Å². The molecule has 0 amide bonds. The van der Waals surface area contributed by atoms with E-state index in [1.807, 2.05) is 38.1 Å². The molecule has 4 atom stereocenters. The van der Waals surface area contributed by atoms with Crippen LogP contribution in [0.15, 0.2) is 24.3 Å². The Labute approximate surface area is 182 Å². The van der Waals surface area contributed by atoms with E-state index in [1.165, 1.54) is 4.68 Å². The first-order valence-electron chi connectivity index (χ1n) is 9.42. The lowest BCUT2D eigenvalue weighted by Crippen LogP contribution is -2.28. The first kappa shape index (κ1) is 19.9. The molecule has 4 heterocycles. The summed E-state index contributed by atoms with van der Waals surface area (Å²) in [6.45, 7) is 8.16. The second kappa shape index (κ2) is 7.28. The lowest BCUT2D eigenvalue weighted by Gasteiger charge is -2.23. The van der Waals surface area contributed by atoms with Crippen LogP contribution >= 0.6 is 23.2 Å². The summed E-state index contributed by atoms with van der Waals surface area (Å²) >= 11 is 12.4. The van der Waals surface area contributed by atoms with Crippen molar-refractivity contribution in [2.75, 3.05) is 5.32 Å². The number of rotatable bonds is 4. The van der Waals surface area contributed by atoms with E-state index < -0.39 is 24.2 Å². The zero-order valence-electron chi connectivity index (χ0n) is 16.2. The smallest absolute Gasteiger partial charge is 0.226 e. The van der Waals surface area contributed by atoms with Gasteiger partial charge in [0, 0.05) is 11.6 Å². The number of halogens is 2. The highest BCUT2D eigenvalue weighted by atomic mass is 35.5. The van der Waals surface area contributed by atoms with Crippen LogP contribution in [0.3, 0.4) is 0 Å². The summed E-state index contributed by atoms with van der Waals surface area (Å²) < 4.78 is 19.4. The maximum Gasteiger partial charge on any atom is 0.226 e. The average Bonchev–Trinajstić information content (AvgIpc) is 3.33. The third-order valence-electron chi connectivity index (χ3n) is 5.07. The average molecular weight is 450 g/mol. The summed E-state index contributed by atoms with van der Waals surface area (Å²) in [5, 5.41) is 12.4. The van der Waals surface area contributed by atoms with E-state index in [4.69, 9.17) is 37.4 Å². The minimum absolute atomic E-state index is 0.0531. The molecule has 1 N–H and O–H groups in total. The molecule has 157 valence electrons. The van der Waals surface area contributed by atoms with Crippen molar-refractivity contribution in [3.63, 3.8) is 0 Å². The molecule has 9 nitrogen and oxygen atoms in total. The highest BCUT2D eigenvalue weighted by Gasteiger charge is 2.55. The van der Waals surface area contributed by atoms with Crippen LogP contribution in [0.4, 0.5) is 5.82 Å². The Bertz CT molecular complexity index is 1110. The first-order valence-corrected chi connectivity index (χ1v) is 10.2. The number of nitrogens with zero attached hydrogens (tertiary/aromatic N) is 5. The van der Waals surface area contributed by atoms with Gasteiger partial charge in [-0.05, 0) is 44.0 Å². The van der Waals surface area contributed by atoms with E-state index in [0.29, 0.717) is 28.5 Å². The molecular formula is C19H19Cl2N6O3. The second-order valence-corrected chi connectivity index (χ2v) is 8.37. The molecule has 2 saturated heterocycles. The summed E-state index contributed by atoms with van der Waals surface area (Å²) in [4.78, 5) is 8.58. The fourth-order valence-electron chi connectivity index (χ4n) is 3.77. The Morgan fingerprint density at radius 2 is 1.93 bits per heavy atom. The van der Waals surface area contributed by atoms with E-state index >= 15 is 0 Å². The summed E-state index contributed by atoms with van der Waals surface area (Å²) in [7, 11) is 0. The third-order valence-corrected chi connectivity index (χ3v) is 5.60.